The number of ketones is 1. The van der Waals surface area contributed by atoms with E-state index in [-0.39, 0.29) is 29.8 Å². The Hall–Kier alpha value is -2.47. The van der Waals surface area contributed by atoms with Crippen LogP contribution in [0.1, 0.15) is 21.6 Å². The summed E-state index contributed by atoms with van der Waals surface area (Å²) in [5, 5.41) is 0. The number of hydrogen-bond acceptors (Lipinski definition) is 3. The van der Waals surface area contributed by atoms with Gasteiger partial charge in [-0.05, 0) is 41.5 Å². The highest BCUT2D eigenvalue weighted by molar-refractivity contribution is 14.0. The van der Waals surface area contributed by atoms with E-state index in [0.29, 0.717) is 5.69 Å². The van der Waals surface area contributed by atoms with Crippen molar-refractivity contribution in [2.45, 2.75) is 0 Å². The summed E-state index contributed by atoms with van der Waals surface area (Å²) in [4.78, 5) is 18.3. The number of benzene rings is 1. The molecule has 0 atom stereocenters. The summed E-state index contributed by atoms with van der Waals surface area (Å²) < 4.78 is 0. The average Bonchev–Trinajstić information content (AvgIpc) is 2.63. The zero-order chi connectivity index (χ0) is 16.5. The number of allylic oxidation sites excluding steroid dienone is 6. The fourth-order valence-electron chi connectivity index (χ4n) is 3.02. The first-order valence-electron chi connectivity index (χ1n) is 7.85. The third-order valence-corrected chi connectivity index (χ3v) is 4.32. The molecule has 4 heteroatoms. The predicted octanol–water partition coefficient (Wildman–Crippen LogP) is 4.88. The normalized spacial score (nSPS) is 18.1. The van der Waals surface area contributed by atoms with Crippen molar-refractivity contribution >= 4 is 47.1 Å². The molecule has 0 unspecified atom stereocenters. The highest BCUT2D eigenvalue weighted by Crippen LogP contribution is 2.30. The third kappa shape index (κ3) is 3.22. The van der Waals surface area contributed by atoms with Crippen molar-refractivity contribution in [3.8, 4) is 0 Å². The lowest BCUT2D eigenvalue weighted by molar-refractivity contribution is 0.104. The van der Waals surface area contributed by atoms with E-state index in [4.69, 9.17) is 0 Å². The molecule has 2 heterocycles. The van der Waals surface area contributed by atoms with Crippen molar-refractivity contribution in [1.29, 1.82) is 0 Å². The third-order valence-electron chi connectivity index (χ3n) is 4.32. The van der Waals surface area contributed by atoms with Crippen LogP contribution < -0.4 is 4.90 Å². The molecule has 2 aromatic rings. The minimum absolute atomic E-state index is 0. The monoisotopic (exact) mass is 440 g/mol. The predicted molar refractivity (Wildman–Crippen MR) is 113 cm³/mol. The largest absolute Gasteiger partial charge is 0.344 e. The molecule has 0 bridgehead atoms. The van der Waals surface area contributed by atoms with Gasteiger partial charge >= 0.3 is 0 Å². The lowest BCUT2D eigenvalue weighted by atomic mass is 9.95. The second-order valence-corrected chi connectivity index (χ2v) is 5.76. The first kappa shape index (κ1) is 17.4. The van der Waals surface area contributed by atoms with Gasteiger partial charge in [0.05, 0.1) is 0 Å². The van der Waals surface area contributed by atoms with E-state index in [1.807, 2.05) is 36.4 Å². The molecule has 1 aliphatic carbocycles. The van der Waals surface area contributed by atoms with Gasteiger partial charge in [0.2, 0.25) is 5.78 Å². The quantitative estimate of drug-likeness (QED) is 0.593. The van der Waals surface area contributed by atoms with Gasteiger partial charge in [-0.3, -0.25) is 9.78 Å². The number of likely N-dealkylation sites (N-methyl/N-ethyl adjacent to an activating group) is 1. The SMILES string of the molecule is CN1C(=CC=C2C=CC(=O)c3ncccc32)C=Cc2ccccc21.I. The molecule has 0 fully saturated rings. The Labute approximate surface area is 164 Å². The molecular weight excluding hydrogens is 423 g/mol. The van der Waals surface area contributed by atoms with Crippen LogP contribution in [0, 0.1) is 0 Å². The number of aromatic nitrogens is 1. The minimum atomic E-state index is -0.0426. The Morgan fingerprint density at radius 1 is 0.960 bits per heavy atom. The van der Waals surface area contributed by atoms with Crippen molar-refractivity contribution in [2.24, 2.45) is 0 Å². The number of pyridine rings is 1. The highest BCUT2D eigenvalue weighted by Gasteiger charge is 2.17. The zero-order valence-electron chi connectivity index (χ0n) is 13.7. The first-order valence-corrected chi connectivity index (χ1v) is 7.85. The molecule has 124 valence electrons. The Morgan fingerprint density at radius 2 is 1.80 bits per heavy atom. The van der Waals surface area contributed by atoms with E-state index in [1.54, 1.807) is 12.3 Å². The average molecular weight is 440 g/mol. The number of carbonyl (C=O) groups excluding carboxylic acids is 1. The van der Waals surface area contributed by atoms with Crippen LogP contribution >= 0.6 is 24.0 Å². The minimum Gasteiger partial charge on any atom is -0.344 e. The zero-order valence-corrected chi connectivity index (χ0v) is 16.0. The van der Waals surface area contributed by atoms with E-state index in [2.05, 4.69) is 47.3 Å². The molecule has 0 saturated heterocycles. The molecule has 3 nitrogen and oxygen atoms in total. The summed E-state index contributed by atoms with van der Waals surface area (Å²) in [5.74, 6) is -0.0426. The van der Waals surface area contributed by atoms with E-state index in [9.17, 15) is 4.79 Å². The second kappa shape index (κ2) is 7.19. The number of nitrogens with zero attached hydrogens (tertiary/aromatic N) is 2. The Bertz CT molecular complexity index is 954. The molecule has 0 spiro atoms. The Balaban J connectivity index is 0.00000182. The van der Waals surface area contributed by atoms with Crippen molar-refractivity contribution < 1.29 is 4.79 Å². The molecule has 2 aliphatic rings. The fourth-order valence-corrected chi connectivity index (χ4v) is 3.02. The van der Waals surface area contributed by atoms with Crippen molar-refractivity contribution in [1.82, 2.24) is 4.98 Å². The molecule has 1 aromatic heterocycles. The number of carbonyl (C=O) groups is 1. The molecule has 1 aromatic carbocycles. The molecule has 4 rings (SSSR count). The number of rotatable bonds is 1. The number of para-hydroxylation sites is 1. The maximum Gasteiger partial charge on any atom is 0.204 e. The van der Waals surface area contributed by atoms with Crippen LogP contribution in [0.2, 0.25) is 0 Å². The molecule has 0 amide bonds. The maximum absolute atomic E-state index is 11.9. The standard InChI is InChI=1S/C21H16N2O.HI/c1-23-17(12-9-16-5-2-3-7-19(16)23)11-8-15-10-13-20(24)21-18(15)6-4-14-22-21;/h2-14H,1H3;1H. The van der Waals surface area contributed by atoms with Gasteiger partial charge in [-0.15, -0.1) is 24.0 Å². The van der Waals surface area contributed by atoms with Gasteiger partial charge < -0.3 is 4.90 Å². The number of fused-ring (bicyclic) bond motifs is 2. The molecule has 25 heavy (non-hydrogen) atoms. The maximum atomic E-state index is 11.9. The smallest absolute Gasteiger partial charge is 0.204 e. The van der Waals surface area contributed by atoms with Crippen molar-refractivity contribution in [3.05, 3.63) is 95.5 Å². The van der Waals surface area contributed by atoms with Gasteiger partial charge in [-0.25, -0.2) is 0 Å². The molecule has 0 N–H and O–H groups in total. The number of anilines is 1. The lowest BCUT2D eigenvalue weighted by Crippen LogP contribution is -2.18. The van der Waals surface area contributed by atoms with Crippen LogP contribution in [0.25, 0.3) is 11.6 Å². The Kier molecular flexibility index (Phi) is 4.99. The van der Waals surface area contributed by atoms with Crippen LogP contribution in [0.5, 0.6) is 0 Å². The molecule has 1 aliphatic heterocycles. The van der Waals surface area contributed by atoms with E-state index >= 15 is 0 Å². The van der Waals surface area contributed by atoms with E-state index in [0.717, 1.165) is 16.8 Å². The number of halogens is 1. The summed E-state index contributed by atoms with van der Waals surface area (Å²) in [6.07, 6.45) is 13.4. The highest BCUT2D eigenvalue weighted by atomic mass is 127. The summed E-state index contributed by atoms with van der Waals surface area (Å²) in [5.41, 5.74) is 5.87. The van der Waals surface area contributed by atoms with Crippen LogP contribution in [0.3, 0.4) is 0 Å². The van der Waals surface area contributed by atoms with Crippen molar-refractivity contribution in [2.75, 3.05) is 11.9 Å². The number of hydrogen-bond donors (Lipinski definition) is 0. The van der Waals surface area contributed by atoms with Crippen LogP contribution in [-0.4, -0.2) is 17.8 Å². The summed E-state index contributed by atoms with van der Waals surface area (Å²) in [6.45, 7) is 0. The van der Waals surface area contributed by atoms with E-state index in [1.165, 1.54) is 11.3 Å². The summed E-state index contributed by atoms with van der Waals surface area (Å²) >= 11 is 0. The lowest BCUT2D eigenvalue weighted by Gasteiger charge is -2.26. The van der Waals surface area contributed by atoms with E-state index < -0.39 is 0 Å². The summed E-state index contributed by atoms with van der Waals surface area (Å²) in [6, 6.07) is 12.1. The molecular formula is C21H17IN2O. The Morgan fingerprint density at radius 3 is 2.68 bits per heavy atom. The van der Waals surface area contributed by atoms with Gasteiger partial charge in [-0.1, -0.05) is 42.5 Å². The topological polar surface area (TPSA) is 33.2 Å². The second-order valence-electron chi connectivity index (χ2n) is 5.76. The van der Waals surface area contributed by atoms with Crippen LogP contribution in [-0.2, 0) is 0 Å². The molecule has 0 saturated carbocycles. The fraction of sp³-hybridized carbons (Fsp3) is 0.0476. The van der Waals surface area contributed by atoms with Gasteiger partial charge in [-0.2, -0.15) is 0 Å². The van der Waals surface area contributed by atoms with Crippen LogP contribution in [0.15, 0.2) is 78.7 Å². The first-order chi connectivity index (χ1) is 11.7. The van der Waals surface area contributed by atoms with Gasteiger partial charge in [0.25, 0.3) is 0 Å². The van der Waals surface area contributed by atoms with Gasteiger partial charge in [0.1, 0.15) is 5.69 Å². The molecule has 0 radical (unpaired) electrons. The van der Waals surface area contributed by atoms with Gasteiger partial charge in [0, 0.05) is 30.2 Å². The van der Waals surface area contributed by atoms with Crippen LogP contribution in [0.4, 0.5) is 5.69 Å². The van der Waals surface area contributed by atoms with Crippen molar-refractivity contribution in [3.63, 3.8) is 0 Å². The van der Waals surface area contributed by atoms with Gasteiger partial charge in [0.15, 0.2) is 0 Å². The summed E-state index contributed by atoms with van der Waals surface area (Å²) in [7, 11) is 2.06.